The summed E-state index contributed by atoms with van der Waals surface area (Å²) in [4.78, 5) is 35.9. The van der Waals surface area contributed by atoms with Gasteiger partial charge in [0.2, 0.25) is 5.91 Å². The predicted octanol–water partition coefficient (Wildman–Crippen LogP) is 3.46. The minimum Gasteiger partial charge on any atom is -0.462 e. The van der Waals surface area contributed by atoms with Crippen molar-refractivity contribution >= 4 is 29.2 Å². The summed E-state index contributed by atoms with van der Waals surface area (Å²) in [6.07, 6.45) is 0.351. The molecule has 0 saturated carbocycles. The van der Waals surface area contributed by atoms with Gasteiger partial charge in [-0.3, -0.25) is 9.59 Å². The van der Waals surface area contributed by atoms with Crippen LogP contribution in [0, 0.1) is 0 Å². The Labute approximate surface area is 146 Å². The molecule has 0 aromatic heterocycles. The van der Waals surface area contributed by atoms with Crippen LogP contribution in [0.2, 0.25) is 0 Å². The van der Waals surface area contributed by atoms with E-state index >= 15 is 0 Å². The third-order valence-electron chi connectivity index (χ3n) is 3.40. The number of anilines is 2. The molecule has 2 rings (SSSR count). The molecule has 0 atom stereocenters. The molecule has 2 N–H and O–H groups in total. The van der Waals surface area contributed by atoms with Crippen molar-refractivity contribution in [2.45, 2.75) is 20.3 Å². The second-order valence-electron chi connectivity index (χ2n) is 5.20. The van der Waals surface area contributed by atoms with Gasteiger partial charge in [-0.15, -0.1) is 0 Å². The molecule has 130 valence electrons. The number of nitrogens with one attached hydrogen (secondary N) is 2. The van der Waals surface area contributed by atoms with Gasteiger partial charge in [0.25, 0.3) is 5.91 Å². The quantitative estimate of drug-likeness (QED) is 0.789. The molecule has 0 bridgehead atoms. The van der Waals surface area contributed by atoms with Crippen molar-refractivity contribution in [1.82, 2.24) is 0 Å². The van der Waals surface area contributed by atoms with Crippen LogP contribution in [0.15, 0.2) is 48.5 Å². The molecule has 2 amide bonds. The lowest BCUT2D eigenvalue weighted by molar-refractivity contribution is -0.115. The summed E-state index contributed by atoms with van der Waals surface area (Å²) < 4.78 is 4.99. The van der Waals surface area contributed by atoms with Gasteiger partial charge < -0.3 is 15.4 Å². The average Bonchev–Trinajstić information content (AvgIpc) is 2.62. The fourth-order valence-corrected chi connectivity index (χ4v) is 2.16. The van der Waals surface area contributed by atoms with Gasteiger partial charge >= 0.3 is 5.97 Å². The molecule has 2 aromatic rings. The standard InChI is InChI=1S/C19H20N2O4/c1-3-17(22)20-14-9-7-8-13(12-14)18(23)21-16-11-6-5-10-15(16)19(24)25-4-2/h5-12H,3-4H2,1-2H3,(H,20,22)(H,21,23). The van der Waals surface area contributed by atoms with E-state index in [-0.39, 0.29) is 24.0 Å². The number of ether oxygens (including phenoxy) is 1. The first-order valence-electron chi connectivity index (χ1n) is 8.02. The van der Waals surface area contributed by atoms with Crippen LogP contribution in [0.1, 0.15) is 41.0 Å². The Morgan fingerprint density at radius 2 is 1.72 bits per heavy atom. The van der Waals surface area contributed by atoms with Crippen LogP contribution in [0.3, 0.4) is 0 Å². The lowest BCUT2D eigenvalue weighted by atomic mass is 10.1. The Morgan fingerprint density at radius 3 is 2.44 bits per heavy atom. The largest absolute Gasteiger partial charge is 0.462 e. The number of esters is 1. The maximum absolute atomic E-state index is 12.5. The number of amides is 2. The van der Waals surface area contributed by atoms with Crippen molar-refractivity contribution in [2.24, 2.45) is 0 Å². The lowest BCUT2D eigenvalue weighted by Gasteiger charge is -2.11. The maximum atomic E-state index is 12.5. The monoisotopic (exact) mass is 340 g/mol. The number of para-hydroxylation sites is 1. The van der Waals surface area contributed by atoms with E-state index in [1.165, 1.54) is 0 Å². The second kappa shape index (κ2) is 8.63. The highest BCUT2D eigenvalue weighted by atomic mass is 16.5. The zero-order valence-electron chi connectivity index (χ0n) is 14.2. The van der Waals surface area contributed by atoms with Crippen LogP contribution in [-0.4, -0.2) is 24.4 Å². The molecule has 0 aliphatic carbocycles. The van der Waals surface area contributed by atoms with Gasteiger partial charge in [-0.05, 0) is 37.3 Å². The Hall–Kier alpha value is -3.15. The normalized spacial score (nSPS) is 10.0. The van der Waals surface area contributed by atoms with Crippen LogP contribution in [0.25, 0.3) is 0 Å². The van der Waals surface area contributed by atoms with Gasteiger partial charge in [-0.1, -0.05) is 25.1 Å². The highest BCUT2D eigenvalue weighted by Gasteiger charge is 2.15. The maximum Gasteiger partial charge on any atom is 0.340 e. The summed E-state index contributed by atoms with van der Waals surface area (Å²) in [5, 5.41) is 5.41. The summed E-state index contributed by atoms with van der Waals surface area (Å²) in [5.41, 5.74) is 1.56. The Bertz CT molecular complexity index is 786. The van der Waals surface area contributed by atoms with Gasteiger partial charge in [-0.25, -0.2) is 4.79 Å². The van der Waals surface area contributed by atoms with Crippen LogP contribution in [0.5, 0.6) is 0 Å². The zero-order valence-corrected chi connectivity index (χ0v) is 14.2. The van der Waals surface area contributed by atoms with Crippen LogP contribution >= 0.6 is 0 Å². The molecule has 0 fully saturated rings. The van der Waals surface area contributed by atoms with E-state index in [2.05, 4.69) is 10.6 Å². The molecule has 25 heavy (non-hydrogen) atoms. The molecular weight excluding hydrogens is 320 g/mol. The highest BCUT2D eigenvalue weighted by molar-refractivity contribution is 6.08. The van der Waals surface area contributed by atoms with Crippen molar-refractivity contribution in [3.8, 4) is 0 Å². The zero-order chi connectivity index (χ0) is 18.2. The third kappa shape index (κ3) is 4.91. The number of benzene rings is 2. The average molecular weight is 340 g/mol. The third-order valence-corrected chi connectivity index (χ3v) is 3.40. The van der Waals surface area contributed by atoms with E-state index in [0.29, 0.717) is 23.4 Å². The first-order valence-corrected chi connectivity index (χ1v) is 8.02. The Kier molecular flexibility index (Phi) is 6.28. The van der Waals surface area contributed by atoms with Crippen molar-refractivity contribution < 1.29 is 19.1 Å². The molecule has 6 nitrogen and oxygen atoms in total. The smallest absolute Gasteiger partial charge is 0.340 e. The first-order chi connectivity index (χ1) is 12.0. The second-order valence-corrected chi connectivity index (χ2v) is 5.20. The molecule has 2 aromatic carbocycles. The predicted molar refractivity (Wildman–Crippen MR) is 95.7 cm³/mol. The number of hydrogen-bond donors (Lipinski definition) is 2. The molecule has 0 spiro atoms. The van der Waals surface area contributed by atoms with E-state index in [1.54, 1.807) is 62.4 Å². The van der Waals surface area contributed by atoms with Gasteiger partial charge in [0.15, 0.2) is 0 Å². The minimum absolute atomic E-state index is 0.134. The van der Waals surface area contributed by atoms with E-state index in [4.69, 9.17) is 4.74 Å². The molecule has 0 unspecified atom stereocenters. The SMILES string of the molecule is CCOC(=O)c1ccccc1NC(=O)c1cccc(NC(=O)CC)c1. The van der Waals surface area contributed by atoms with Crippen molar-refractivity contribution in [3.05, 3.63) is 59.7 Å². The van der Waals surface area contributed by atoms with Crippen molar-refractivity contribution in [3.63, 3.8) is 0 Å². The minimum atomic E-state index is -0.498. The van der Waals surface area contributed by atoms with Crippen molar-refractivity contribution in [1.29, 1.82) is 0 Å². The number of carbonyl (C=O) groups excluding carboxylic acids is 3. The summed E-state index contributed by atoms with van der Waals surface area (Å²) in [6.45, 7) is 3.72. The number of carbonyl (C=O) groups is 3. The van der Waals surface area contributed by atoms with E-state index in [0.717, 1.165) is 0 Å². The summed E-state index contributed by atoms with van der Waals surface area (Å²) in [6, 6.07) is 13.2. The topological polar surface area (TPSA) is 84.5 Å². The molecule has 0 heterocycles. The van der Waals surface area contributed by atoms with E-state index < -0.39 is 5.97 Å². The van der Waals surface area contributed by atoms with E-state index in [1.807, 2.05) is 0 Å². The summed E-state index contributed by atoms with van der Waals surface area (Å²) in [5.74, 6) is -1.02. The summed E-state index contributed by atoms with van der Waals surface area (Å²) in [7, 11) is 0. The van der Waals surface area contributed by atoms with Crippen molar-refractivity contribution in [2.75, 3.05) is 17.2 Å². The summed E-state index contributed by atoms with van der Waals surface area (Å²) >= 11 is 0. The lowest BCUT2D eigenvalue weighted by Crippen LogP contribution is -2.16. The van der Waals surface area contributed by atoms with Crippen LogP contribution < -0.4 is 10.6 Å². The molecule has 0 radical (unpaired) electrons. The van der Waals surface area contributed by atoms with Gasteiger partial charge in [0.1, 0.15) is 0 Å². The van der Waals surface area contributed by atoms with Gasteiger partial charge in [0.05, 0.1) is 17.9 Å². The van der Waals surface area contributed by atoms with Gasteiger partial charge in [0, 0.05) is 17.7 Å². The first kappa shape index (κ1) is 18.2. The fourth-order valence-electron chi connectivity index (χ4n) is 2.16. The molecule has 0 saturated heterocycles. The Balaban J connectivity index is 2.19. The highest BCUT2D eigenvalue weighted by Crippen LogP contribution is 2.18. The molecule has 0 aliphatic rings. The molecular formula is C19H20N2O4. The molecule has 0 aliphatic heterocycles. The fraction of sp³-hybridized carbons (Fsp3) is 0.211. The number of rotatable bonds is 6. The van der Waals surface area contributed by atoms with Gasteiger partial charge in [-0.2, -0.15) is 0 Å². The Morgan fingerprint density at radius 1 is 0.960 bits per heavy atom. The number of hydrogen-bond acceptors (Lipinski definition) is 4. The van der Waals surface area contributed by atoms with Crippen LogP contribution in [0.4, 0.5) is 11.4 Å². The van der Waals surface area contributed by atoms with Crippen LogP contribution in [-0.2, 0) is 9.53 Å². The molecule has 6 heteroatoms. The van der Waals surface area contributed by atoms with E-state index in [9.17, 15) is 14.4 Å².